The number of anilines is 2. The number of rotatable bonds is 4. The summed E-state index contributed by atoms with van der Waals surface area (Å²) in [5, 5.41) is 0. The molecular weight excluding hydrogens is 389 g/mol. The fourth-order valence-electron chi connectivity index (χ4n) is 3.98. The van der Waals surface area contributed by atoms with Gasteiger partial charge in [-0.15, -0.1) is 0 Å². The minimum atomic E-state index is -0.492. The molecule has 2 saturated heterocycles. The van der Waals surface area contributed by atoms with Gasteiger partial charge in [0, 0.05) is 31.9 Å². The number of hydrogen-bond acceptors (Lipinski definition) is 6. The van der Waals surface area contributed by atoms with Crippen LogP contribution in [0.15, 0.2) is 48.5 Å². The van der Waals surface area contributed by atoms with Gasteiger partial charge in [0.15, 0.2) is 0 Å². The summed E-state index contributed by atoms with van der Waals surface area (Å²) in [7, 11) is 1.30. The highest BCUT2D eigenvalue weighted by Crippen LogP contribution is 2.27. The minimum Gasteiger partial charge on any atom is -0.465 e. The second kappa shape index (κ2) is 8.23. The number of carbonyl (C=O) groups excluding carboxylic acids is 3. The molecule has 2 aliphatic rings. The van der Waals surface area contributed by atoms with Crippen LogP contribution in [0.25, 0.3) is 0 Å². The average Bonchev–Trinajstić information content (AvgIpc) is 3.08. The van der Waals surface area contributed by atoms with Crippen molar-refractivity contribution in [1.82, 2.24) is 4.90 Å². The first-order valence-corrected chi connectivity index (χ1v) is 9.77. The van der Waals surface area contributed by atoms with Crippen molar-refractivity contribution in [2.45, 2.75) is 12.5 Å². The number of piperazine rings is 1. The van der Waals surface area contributed by atoms with Gasteiger partial charge in [-0.2, -0.15) is 0 Å². The molecule has 8 heteroatoms. The molecule has 4 rings (SSSR count). The summed E-state index contributed by atoms with van der Waals surface area (Å²) in [4.78, 5) is 42.5. The lowest BCUT2D eigenvalue weighted by molar-refractivity contribution is -0.123. The van der Waals surface area contributed by atoms with Crippen LogP contribution in [0.1, 0.15) is 16.8 Å². The van der Waals surface area contributed by atoms with Crippen molar-refractivity contribution in [3.05, 3.63) is 59.9 Å². The second-order valence-corrected chi connectivity index (χ2v) is 7.33. The molecule has 7 nitrogen and oxygen atoms in total. The van der Waals surface area contributed by atoms with E-state index in [2.05, 4.69) is 9.64 Å². The van der Waals surface area contributed by atoms with Crippen LogP contribution in [0.3, 0.4) is 0 Å². The number of amides is 2. The Morgan fingerprint density at radius 3 is 2.13 bits per heavy atom. The fourth-order valence-corrected chi connectivity index (χ4v) is 3.98. The van der Waals surface area contributed by atoms with Gasteiger partial charge in [-0.3, -0.25) is 14.5 Å². The monoisotopic (exact) mass is 411 g/mol. The summed E-state index contributed by atoms with van der Waals surface area (Å²) >= 11 is 0. The second-order valence-electron chi connectivity index (χ2n) is 7.33. The van der Waals surface area contributed by atoms with Crippen LogP contribution < -0.4 is 9.80 Å². The minimum absolute atomic E-state index is 0.133. The molecule has 156 valence electrons. The molecule has 0 radical (unpaired) electrons. The highest BCUT2D eigenvalue weighted by Gasteiger charge is 2.43. The van der Waals surface area contributed by atoms with Gasteiger partial charge in [0.1, 0.15) is 5.82 Å². The lowest BCUT2D eigenvalue weighted by Gasteiger charge is -2.38. The first kappa shape index (κ1) is 20.0. The van der Waals surface area contributed by atoms with E-state index in [1.54, 1.807) is 24.3 Å². The van der Waals surface area contributed by atoms with Crippen LogP contribution in [-0.2, 0) is 14.3 Å². The van der Waals surface area contributed by atoms with Crippen molar-refractivity contribution >= 4 is 29.2 Å². The maximum absolute atomic E-state index is 13.1. The zero-order chi connectivity index (χ0) is 21.3. The molecular formula is C22H22FN3O4. The Hall–Kier alpha value is -3.26. The molecule has 0 aromatic heterocycles. The highest BCUT2D eigenvalue weighted by molar-refractivity contribution is 6.22. The molecule has 0 aliphatic carbocycles. The number of nitrogens with zero attached hydrogens (tertiary/aromatic N) is 3. The Balaban J connectivity index is 1.42. The normalized spacial score (nSPS) is 20.0. The number of esters is 1. The Bertz CT molecular complexity index is 953. The molecule has 1 unspecified atom stereocenters. The number of methoxy groups -OCH3 is 1. The van der Waals surface area contributed by atoms with Gasteiger partial charge < -0.3 is 9.64 Å². The van der Waals surface area contributed by atoms with Gasteiger partial charge >= 0.3 is 5.97 Å². The van der Waals surface area contributed by atoms with E-state index in [1.165, 1.54) is 36.3 Å². The molecule has 2 aromatic rings. The summed E-state index contributed by atoms with van der Waals surface area (Å²) in [5.41, 5.74) is 1.75. The number of ether oxygens (including phenoxy) is 1. The Morgan fingerprint density at radius 2 is 1.53 bits per heavy atom. The number of benzene rings is 2. The van der Waals surface area contributed by atoms with Crippen molar-refractivity contribution in [2.24, 2.45) is 0 Å². The third-order valence-electron chi connectivity index (χ3n) is 5.62. The van der Waals surface area contributed by atoms with E-state index >= 15 is 0 Å². The van der Waals surface area contributed by atoms with Crippen molar-refractivity contribution in [2.75, 3.05) is 43.1 Å². The highest BCUT2D eigenvalue weighted by atomic mass is 19.1. The fraction of sp³-hybridized carbons (Fsp3) is 0.318. The molecule has 1 atom stereocenters. The first-order chi connectivity index (χ1) is 14.5. The summed E-state index contributed by atoms with van der Waals surface area (Å²) in [6, 6.07) is 12.1. The third-order valence-corrected chi connectivity index (χ3v) is 5.62. The van der Waals surface area contributed by atoms with Crippen LogP contribution in [0.2, 0.25) is 0 Å². The Kier molecular flexibility index (Phi) is 5.50. The van der Waals surface area contributed by atoms with E-state index in [4.69, 9.17) is 0 Å². The molecule has 2 aromatic carbocycles. The molecule has 2 amide bonds. The molecule has 2 fully saturated rings. The topological polar surface area (TPSA) is 70.2 Å². The lowest BCUT2D eigenvalue weighted by Crippen LogP contribution is -2.52. The summed E-state index contributed by atoms with van der Waals surface area (Å²) < 4.78 is 17.8. The molecule has 2 aliphatic heterocycles. The smallest absolute Gasteiger partial charge is 0.337 e. The molecule has 0 N–H and O–H groups in total. The number of halogens is 1. The lowest BCUT2D eigenvalue weighted by atomic mass is 10.1. The standard InChI is InChI=1S/C22H22FN3O4/c1-30-22(29)15-2-6-18(7-3-15)26-20(27)14-19(21(26)28)25-12-10-24(11-13-25)17-8-4-16(23)5-9-17/h2-9,19H,10-14H2,1H3. The average molecular weight is 411 g/mol. The van der Waals surface area contributed by atoms with Gasteiger partial charge in [-0.05, 0) is 48.5 Å². The van der Waals surface area contributed by atoms with Crippen molar-refractivity contribution in [3.8, 4) is 0 Å². The number of carbonyl (C=O) groups is 3. The van der Waals surface area contributed by atoms with Crippen LogP contribution >= 0.6 is 0 Å². The van der Waals surface area contributed by atoms with Gasteiger partial charge in [0.2, 0.25) is 5.91 Å². The predicted octanol–water partition coefficient (Wildman–Crippen LogP) is 2.07. The summed E-state index contributed by atoms with van der Waals surface area (Å²) in [5.74, 6) is -1.25. The van der Waals surface area contributed by atoms with Crippen molar-refractivity contribution in [3.63, 3.8) is 0 Å². The van der Waals surface area contributed by atoms with Crippen LogP contribution in [-0.4, -0.2) is 62.0 Å². The maximum atomic E-state index is 13.1. The summed E-state index contributed by atoms with van der Waals surface area (Å²) in [6.07, 6.45) is 0.133. The Labute approximate surface area is 173 Å². The van der Waals surface area contributed by atoms with Crippen molar-refractivity contribution in [1.29, 1.82) is 0 Å². The van der Waals surface area contributed by atoms with Crippen LogP contribution in [0.4, 0.5) is 15.8 Å². The van der Waals surface area contributed by atoms with E-state index in [0.717, 1.165) is 5.69 Å². The first-order valence-electron chi connectivity index (χ1n) is 9.77. The van der Waals surface area contributed by atoms with Crippen molar-refractivity contribution < 1.29 is 23.5 Å². The molecule has 0 saturated carbocycles. The predicted molar refractivity (Wildman–Crippen MR) is 109 cm³/mol. The molecule has 0 bridgehead atoms. The van der Waals surface area contributed by atoms with Gasteiger partial charge in [-0.25, -0.2) is 14.1 Å². The van der Waals surface area contributed by atoms with E-state index in [-0.39, 0.29) is 24.1 Å². The molecule has 30 heavy (non-hydrogen) atoms. The summed E-state index contributed by atoms with van der Waals surface area (Å²) in [6.45, 7) is 2.65. The van der Waals surface area contributed by atoms with Gasteiger partial charge in [-0.1, -0.05) is 0 Å². The largest absolute Gasteiger partial charge is 0.465 e. The molecule has 0 spiro atoms. The van der Waals surface area contributed by atoms with Crippen LogP contribution in [0.5, 0.6) is 0 Å². The van der Waals surface area contributed by atoms with E-state index < -0.39 is 12.0 Å². The van der Waals surface area contributed by atoms with E-state index in [9.17, 15) is 18.8 Å². The van der Waals surface area contributed by atoms with Crippen LogP contribution in [0, 0.1) is 5.82 Å². The third kappa shape index (κ3) is 3.78. The number of hydrogen-bond donors (Lipinski definition) is 0. The zero-order valence-electron chi connectivity index (χ0n) is 16.6. The van der Waals surface area contributed by atoms with E-state index in [1.807, 2.05) is 4.90 Å². The zero-order valence-corrected chi connectivity index (χ0v) is 16.6. The van der Waals surface area contributed by atoms with Gasteiger partial charge in [0.25, 0.3) is 5.91 Å². The Morgan fingerprint density at radius 1 is 0.933 bits per heavy atom. The SMILES string of the molecule is COC(=O)c1ccc(N2C(=O)CC(N3CCN(c4ccc(F)cc4)CC3)C2=O)cc1. The van der Waals surface area contributed by atoms with E-state index in [0.29, 0.717) is 37.4 Å². The number of imide groups is 1. The van der Waals surface area contributed by atoms with Gasteiger partial charge in [0.05, 0.1) is 30.8 Å². The quantitative estimate of drug-likeness (QED) is 0.567. The maximum Gasteiger partial charge on any atom is 0.337 e. The molecule has 2 heterocycles.